The number of rotatable bonds is 4. The Morgan fingerprint density at radius 3 is 2.78 bits per heavy atom. The Hall–Kier alpha value is -1.55. The summed E-state index contributed by atoms with van der Waals surface area (Å²) in [6.45, 7) is 5.49. The fraction of sp³-hybridized carbons (Fsp3) is 0.500. The molecule has 2 rings (SSSR count). The minimum Gasteiger partial charge on any atom is -0.385 e. The Morgan fingerprint density at radius 2 is 2.11 bits per heavy atom. The van der Waals surface area contributed by atoms with Crippen LogP contribution in [0.5, 0.6) is 0 Å². The number of benzene rings is 1. The summed E-state index contributed by atoms with van der Waals surface area (Å²) in [5.74, 6) is 0.150. The molecule has 0 spiro atoms. The van der Waals surface area contributed by atoms with Crippen molar-refractivity contribution < 1.29 is 4.79 Å². The second kappa shape index (κ2) is 4.61. The molecule has 0 saturated heterocycles. The van der Waals surface area contributed by atoms with Crippen LogP contribution in [0, 0.1) is 0 Å². The number of anilines is 2. The molecule has 0 aromatic heterocycles. The van der Waals surface area contributed by atoms with Crippen LogP contribution < -0.4 is 16.0 Å². The second-order valence-electron chi connectivity index (χ2n) is 5.29. The molecule has 1 aromatic carbocycles. The summed E-state index contributed by atoms with van der Waals surface area (Å²) >= 11 is 0. The first-order valence-electron chi connectivity index (χ1n) is 6.35. The van der Waals surface area contributed by atoms with Gasteiger partial charge in [0.2, 0.25) is 5.91 Å². The predicted octanol–water partition coefficient (Wildman–Crippen LogP) is 1.70. The van der Waals surface area contributed by atoms with E-state index in [2.05, 4.69) is 11.4 Å². The molecule has 1 amide bonds. The zero-order chi connectivity index (χ0) is 13.3. The molecule has 0 unspecified atom stereocenters. The highest BCUT2D eigenvalue weighted by Crippen LogP contribution is 2.41. The molecular weight excluding hydrogens is 226 g/mol. The number of likely N-dealkylation sites (N-methyl/N-ethyl adjacent to an activating group) is 1. The van der Waals surface area contributed by atoms with E-state index in [-0.39, 0.29) is 5.91 Å². The van der Waals surface area contributed by atoms with E-state index >= 15 is 0 Å². The fourth-order valence-corrected chi connectivity index (χ4v) is 2.42. The molecule has 98 valence electrons. The fourth-order valence-electron chi connectivity index (χ4n) is 2.42. The lowest BCUT2D eigenvalue weighted by Crippen LogP contribution is -2.33. The molecule has 4 heteroatoms. The number of nitrogens with one attached hydrogen (secondary N) is 1. The Balaban J connectivity index is 2.27. The van der Waals surface area contributed by atoms with E-state index in [1.54, 1.807) is 4.90 Å². The van der Waals surface area contributed by atoms with Crippen LogP contribution in [-0.2, 0) is 10.2 Å². The van der Waals surface area contributed by atoms with E-state index in [1.807, 2.05) is 33.0 Å². The molecular formula is C14H21N3O. The van der Waals surface area contributed by atoms with Crippen LogP contribution in [0.2, 0.25) is 0 Å². The third kappa shape index (κ3) is 1.97. The van der Waals surface area contributed by atoms with Gasteiger partial charge >= 0.3 is 0 Å². The monoisotopic (exact) mass is 247 g/mol. The number of nitrogens with zero attached hydrogens (tertiary/aromatic N) is 1. The minimum absolute atomic E-state index is 0.150. The lowest BCUT2D eigenvalue weighted by atomic mass is 9.86. The molecule has 1 aliphatic rings. The summed E-state index contributed by atoms with van der Waals surface area (Å²) in [6.07, 6.45) is 0.944. The first-order valence-corrected chi connectivity index (χ1v) is 6.35. The summed E-state index contributed by atoms with van der Waals surface area (Å²) in [5.41, 5.74) is 8.19. The zero-order valence-corrected chi connectivity index (χ0v) is 11.3. The molecule has 3 N–H and O–H groups in total. The van der Waals surface area contributed by atoms with Crippen molar-refractivity contribution in [3.05, 3.63) is 23.8 Å². The number of fused-ring (bicyclic) bond motifs is 1. The summed E-state index contributed by atoms with van der Waals surface area (Å²) in [6, 6.07) is 6.10. The van der Waals surface area contributed by atoms with Gasteiger partial charge in [-0.1, -0.05) is 0 Å². The third-order valence-electron chi connectivity index (χ3n) is 3.58. The van der Waals surface area contributed by atoms with Crippen LogP contribution in [0.25, 0.3) is 0 Å². The topological polar surface area (TPSA) is 58.4 Å². The molecule has 0 radical (unpaired) electrons. The van der Waals surface area contributed by atoms with E-state index in [0.717, 1.165) is 29.9 Å². The Kier molecular flexibility index (Phi) is 3.30. The van der Waals surface area contributed by atoms with Crippen molar-refractivity contribution in [3.63, 3.8) is 0 Å². The maximum Gasteiger partial charge on any atom is 0.236 e. The van der Waals surface area contributed by atoms with Crippen molar-refractivity contribution in [2.24, 2.45) is 5.73 Å². The summed E-state index contributed by atoms with van der Waals surface area (Å²) in [7, 11) is 1.83. The molecule has 0 bridgehead atoms. The highest BCUT2D eigenvalue weighted by Gasteiger charge is 2.42. The Labute approximate surface area is 108 Å². The molecule has 0 fully saturated rings. The van der Waals surface area contributed by atoms with Gasteiger partial charge in [-0.15, -0.1) is 0 Å². The number of amides is 1. The zero-order valence-electron chi connectivity index (χ0n) is 11.3. The van der Waals surface area contributed by atoms with Gasteiger partial charge in [0.15, 0.2) is 0 Å². The van der Waals surface area contributed by atoms with Gasteiger partial charge in [-0.05, 0) is 50.6 Å². The molecule has 1 heterocycles. The molecule has 1 aromatic rings. The van der Waals surface area contributed by atoms with Crippen molar-refractivity contribution in [3.8, 4) is 0 Å². The van der Waals surface area contributed by atoms with Crippen LogP contribution >= 0.6 is 0 Å². The first-order chi connectivity index (χ1) is 8.48. The highest BCUT2D eigenvalue weighted by molar-refractivity contribution is 6.07. The SMILES string of the molecule is CN1C(=O)C(C)(C)c2cc(NCCCN)ccc21. The highest BCUT2D eigenvalue weighted by atomic mass is 16.2. The summed E-state index contributed by atoms with van der Waals surface area (Å²) in [5, 5.41) is 3.33. The molecule has 4 nitrogen and oxygen atoms in total. The average molecular weight is 247 g/mol. The minimum atomic E-state index is -0.435. The standard InChI is InChI=1S/C14H21N3O/c1-14(2)11-9-10(16-8-4-7-15)5-6-12(11)17(3)13(14)18/h5-6,9,16H,4,7-8,15H2,1-3H3. The number of carbonyl (C=O) groups is 1. The predicted molar refractivity (Wildman–Crippen MR) is 75.0 cm³/mol. The molecule has 0 aliphatic carbocycles. The van der Waals surface area contributed by atoms with Gasteiger partial charge in [0, 0.05) is 25.0 Å². The summed E-state index contributed by atoms with van der Waals surface area (Å²) < 4.78 is 0. The number of hydrogen-bond donors (Lipinski definition) is 2. The molecule has 0 atom stereocenters. The van der Waals surface area contributed by atoms with Crippen LogP contribution in [-0.4, -0.2) is 26.0 Å². The molecule has 1 aliphatic heterocycles. The van der Waals surface area contributed by atoms with E-state index in [4.69, 9.17) is 5.73 Å². The maximum atomic E-state index is 12.1. The molecule has 0 saturated carbocycles. The van der Waals surface area contributed by atoms with E-state index in [9.17, 15) is 4.79 Å². The van der Waals surface area contributed by atoms with Gasteiger partial charge in [-0.3, -0.25) is 4.79 Å². The smallest absolute Gasteiger partial charge is 0.236 e. The van der Waals surface area contributed by atoms with Gasteiger partial charge in [0.05, 0.1) is 5.41 Å². The van der Waals surface area contributed by atoms with E-state index in [0.29, 0.717) is 6.54 Å². The van der Waals surface area contributed by atoms with Crippen molar-refractivity contribution in [2.75, 3.05) is 30.4 Å². The lowest BCUT2D eigenvalue weighted by Gasteiger charge is -2.17. The van der Waals surface area contributed by atoms with Gasteiger partial charge in [0.25, 0.3) is 0 Å². The van der Waals surface area contributed by atoms with Gasteiger partial charge < -0.3 is 16.0 Å². The maximum absolute atomic E-state index is 12.1. The molecule has 18 heavy (non-hydrogen) atoms. The summed E-state index contributed by atoms with van der Waals surface area (Å²) in [4.78, 5) is 13.9. The Morgan fingerprint density at radius 1 is 1.39 bits per heavy atom. The van der Waals surface area contributed by atoms with E-state index < -0.39 is 5.41 Å². The lowest BCUT2D eigenvalue weighted by molar-refractivity contribution is -0.121. The van der Waals surface area contributed by atoms with Crippen LogP contribution in [0.4, 0.5) is 11.4 Å². The van der Waals surface area contributed by atoms with Crippen LogP contribution in [0.3, 0.4) is 0 Å². The quantitative estimate of drug-likeness (QED) is 0.796. The number of hydrogen-bond acceptors (Lipinski definition) is 3. The second-order valence-corrected chi connectivity index (χ2v) is 5.29. The number of carbonyl (C=O) groups excluding carboxylic acids is 1. The van der Waals surface area contributed by atoms with Crippen molar-refractivity contribution in [1.29, 1.82) is 0 Å². The van der Waals surface area contributed by atoms with Gasteiger partial charge in [-0.2, -0.15) is 0 Å². The third-order valence-corrected chi connectivity index (χ3v) is 3.58. The van der Waals surface area contributed by atoms with Crippen molar-refractivity contribution in [1.82, 2.24) is 0 Å². The normalized spacial score (nSPS) is 16.9. The number of nitrogens with two attached hydrogens (primary N) is 1. The van der Waals surface area contributed by atoms with Crippen molar-refractivity contribution in [2.45, 2.75) is 25.7 Å². The van der Waals surface area contributed by atoms with Crippen molar-refractivity contribution >= 4 is 17.3 Å². The largest absolute Gasteiger partial charge is 0.385 e. The first kappa shape index (κ1) is 12.9. The average Bonchev–Trinajstić information content (AvgIpc) is 2.52. The van der Waals surface area contributed by atoms with E-state index in [1.165, 1.54) is 0 Å². The van der Waals surface area contributed by atoms with Gasteiger partial charge in [-0.25, -0.2) is 0 Å². The Bertz CT molecular complexity index is 468. The van der Waals surface area contributed by atoms with Crippen LogP contribution in [0.15, 0.2) is 18.2 Å². The van der Waals surface area contributed by atoms with Gasteiger partial charge in [0.1, 0.15) is 0 Å². The van der Waals surface area contributed by atoms with Crippen LogP contribution in [0.1, 0.15) is 25.8 Å².